The number of aromatic nitrogens is 1. The molecular weight excluding hydrogens is 819 g/mol. The van der Waals surface area contributed by atoms with E-state index in [0.29, 0.717) is 54.3 Å². The average molecular weight is 856 g/mol. The largest absolute Gasteiger partial charge is 0.489 e. The SMILES string of the molecule is CN(CCOc1ccc(N2C(=S)N(c3ccc(C#N)c(C(F)(F)F)c3)C(=O)C2(C)C)cc1F)CC1C[C@H]1C(=O)Nc1cccc2c1ccc1onc(C3CCC(=O)NC3=O)c12. The van der Waals surface area contributed by atoms with E-state index in [1.165, 1.54) is 43.0 Å². The van der Waals surface area contributed by atoms with Crippen LogP contribution in [0.15, 0.2) is 71.3 Å². The van der Waals surface area contributed by atoms with E-state index in [4.69, 9.17) is 21.5 Å². The third-order valence-electron chi connectivity index (χ3n) is 11.4. The molecule has 13 nitrogen and oxygen atoms in total. The van der Waals surface area contributed by atoms with Gasteiger partial charge < -0.3 is 24.4 Å². The third-order valence-corrected chi connectivity index (χ3v) is 11.8. The first-order valence-corrected chi connectivity index (χ1v) is 19.7. The number of thiocarbonyl (C=S) groups is 1. The number of hydrogen-bond acceptors (Lipinski definition) is 10. The second-order valence-corrected chi connectivity index (χ2v) is 16.3. The van der Waals surface area contributed by atoms with Crippen LogP contribution < -0.4 is 25.2 Å². The molecule has 1 saturated carbocycles. The number of benzene rings is 4. The van der Waals surface area contributed by atoms with E-state index in [1.807, 2.05) is 30.1 Å². The quantitative estimate of drug-likeness (QED) is 0.0798. The number of ether oxygens (including phenoxy) is 1. The molecule has 3 fully saturated rings. The molecule has 61 heavy (non-hydrogen) atoms. The van der Waals surface area contributed by atoms with Gasteiger partial charge in [-0.15, -0.1) is 0 Å². The number of fused-ring (bicyclic) bond motifs is 3. The fourth-order valence-electron chi connectivity index (χ4n) is 8.13. The Hall–Kier alpha value is -6.45. The highest BCUT2D eigenvalue weighted by atomic mass is 32.1. The molecule has 2 unspecified atom stereocenters. The smallest absolute Gasteiger partial charge is 0.417 e. The number of piperidine rings is 1. The van der Waals surface area contributed by atoms with Crippen molar-refractivity contribution < 1.29 is 46.0 Å². The Bertz CT molecular complexity index is 2710. The van der Waals surface area contributed by atoms with Crippen LogP contribution in [0.4, 0.5) is 34.6 Å². The maximum atomic E-state index is 15.5. The predicted octanol–water partition coefficient (Wildman–Crippen LogP) is 7.03. The van der Waals surface area contributed by atoms with E-state index in [-0.39, 0.29) is 58.9 Å². The molecule has 18 heteroatoms. The topological polar surface area (TPSA) is 161 Å². The summed E-state index contributed by atoms with van der Waals surface area (Å²) in [4.78, 5) is 55.6. The van der Waals surface area contributed by atoms with Gasteiger partial charge in [-0.05, 0) is 106 Å². The normalized spacial score (nSPS) is 20.1. The molecule has 0 bridgehead atoms. The number of hydrogen-bond donors (Lipinski definition) is 2. The summed E-state index contributed by atoms with van der Waals surface area (Å²) in [5, 5.41) is 20.8. The Morgan fingerprint density at radius 2 is 1.87 bits per heavy atom. The summed E-state index contributed by atoms with van der Waals surface area (Å²) < 4.78 is 67.9. The summed E-state index contributed by atoms with van der Waals surface area (Å²) in [5.74, 6) is -3.11. The Morgan fingerprint density at radius 1 is 1.10 bits per heavy atom. The molecule has 8 rings (SSSR count). The van der Waals surface area contributed by atoms with Crippen LogP contribution >= 0.6 is 12.2 Å². The van der Waals surface area contributed by atoms with Crippen molar-refractivity contribution in [2.24, 2.45) is 11.8 Å². The van der Waals surface area contributed by atoms with Gasteiger partial charge in [-0.1, -0.05) is 17.3 Å². The van der Waals surface area contributed by atoms with E-state index >= 15 is 4.39 Å². The van der Waals surface area contributed by atoms with Gasteiger partial charge in [-0.25, -0.2) is 4.39 Å². The second-order valence-electron chi connectivity index (χ2n) is 15.9. The molecule has 0 radical (unpaired) electrons. The lowest BCUT2D eigenvalue weighted by atomic mass is 9.91. The fourth-order valence-corrected chi connectivity index (χ4v) is 8.65. The highest BCUT2D eigenvalue weighted by Gasteiger charge is 2.51. The van der Waals surface area contributed by atoms with Gasteiger partial charge in [0.25, 0.3) is 5.91 Å². The van der Waals surface area contributed by atoms with Crippen molar-refractivity contribution in [1.82, 2.24) is 15.4 Å². The zero-order valence-electron chi connectivity index (χ0n) is 32.9. The molecule has 4 aromatic carbocycles. The van der Waals surface area contributed by atoms with Gasteiger partial charge in [-0.3, -0.25) is 29.4 Å². The minimum absolute atomic E-state index is 0.0587. The lowest BCUT2D eigenvalue weighted by Crippen LogP contribution is -2.44. The molecule has 1 aromatic heterocycles. The number of nitrogens with zero attached hydrogens (tertiary/aromatic N) is 5. The monoisotopic (exact) mass is 855 g/mol. The van der Waals surface area contributed by atoms with Gasteiger partial charge in [0.1, 0.15) is 17.8 Å². The Morgan fingerprint density at radius 3 is 2.59 bits per heavy atom. The lowest BCUT2D eigenvalue weighted by Gasteiger charge is -2.29. The third kappa shape index (κ3) is 7.63. The molecule has 4 amide bonds. The predicted molar refractivity (Wildman–Crippen MR) is 219 cm³/mol. The van der Waals surface area contributed by atoms with Crippen molar-refractivity contribution in [2.75, 3.05) is 41.9 Å². The average Bonchev–Trinajstić information content (AvgIpc) is 3.79. The molecule has 3 heterocycles. The van der Waals surface area contributed by atoms with Gasteiger partial charge in [0, 0.05) is 48.3 Å². The molecule has 3 aliphatic rings. The highest BCUT2D eigenvalue weighted by molar-refractivity contribution is 7.81. The number of nitriles is 1. The van der Waals surface area contributed by atoms with Gasteiger partial charge >= 0.3 is 6.18 Å². The number of likely N-dealkylation sites (N-methyl/N-ethyl adjacent to an activating group) is 1. The number of rotatable bonds is 11. The number of imide groups is 1. The number of alkyl halides is 3. The first kappa shape index (κ1) is 41.3. The summed E-state index contributed by atoms with van der Waals surface area (Å²) in [7, 11) is 1.87. The van der Waals surface area contributed by atoms with Crippen LogP contribution in [0, 0.1) is 29.0 Å². The molecule has 314 valence electrons. The van der Waals surface area contributed by atoms with Crippen molar-refractivity contribution in [1.29, 1.82) is 5.26 Å². The number of anilines is 3. The van der Waals surface area contributed by atoms with Gasteiger partial charge in [0.15, 0.2) is 22.3 Å². The zero-order chi connectivity index (χ0) is 43.5. The van der Waals surface area contributed by atoms with Gasteiger partial charge in [0.05, 0.1) is 34.2 Å². The van der Waals surface area contributed by atoms with E-state index in [2.05, 4.69) is 15.8 Å². The van der Waals surface area contributed by atoms with Crippen LogP contribution in [0.2, 0.25) is 0 Å². The Labute approximate surface area is 351 Å². The number of amides is 4. The number of halogens is 4. The summed E-state index contributed by atoms with van der Waals surface area (Å²) >= 11 is 5.56. The first-order chi connectivity index (χ1) is 29.0. The summed E-state index contributed by atoms with van der Waals surface area (Å²) in [6.45, 7) is 4.15. The van der Waals surface area contributed by atoms with Crippen molar-refractivity contribution in [2.45, 2.75) is 50.7 Å². The molecule has 0 spiro atoms. The molecule has 1 aliphatic carbocycles. The van der Waals surface area contributed by atoms with Crippen LogP contribution in [0.3, 0.4) is 0 Å². The second kappa shape index (κ2) is 15.5. The standard InChI is InChI=1S/C43H37F4N7O6S/c1-42(2)40(58)53(24-8-7-22(20-48)30(18-24)43(45,46)47)41(61)54(42)25-9-12-33(31(44)19-25)59-16-15-52(3)21-23-17-29(23)39(57)49-32-6-4-5-27-26(32)10-13-34-36(27)37(51-60-34)28-11-14-35(55)50-38(28)56/h4-10,12-13,18-19,23,28-29H,11,14-17,21H2,1-3H3,(H,49,57)(H,50,55,56)/t23?,28?,29-/m1/s1. The summed E-state index contributed by atoms with van der Waals surface area (Å²) in [6, 6.07) is 17.5. The highest BCUT2D eigenvalue weighted by Crippen LogP contribution is 2.43. The molecule has 3 atom stereocenters. The zero-order valence-corrected chi connectivity index (χ0v) is 33.7. The van der Waals surface area contributed by atoms with Crippen LogP contribution in [-0.4, -0.2) is 71.1 Å². The Balaban J connectivity index is 0.864. The lowest BCUT2D eigenvalue weighted by molar-refractivity contribution is -0.138. The van der Waals surface area contributed by atoms with Gasteiger partial charge in [0.2, 0.25) is 17.7 Å². The number of carbonyl (C=O) groups excluding carboxylic acids is 4. The van der Waals surface area contributed by atoms with Crippen molar-refractivity contribution in [3.05, 3.63) is 89.4 Å². The van der Waals surface area contributed by atoms with Gasteiger partial charge in [-0.2, -0.15) is 18.4 Å². The summed E-state index contributed by atoms with van der Waals surface area (Å²) in [5.41, 5.74) is -1.67. The van der Waals surface area contributed by atoms with E-state index in [0.717, 1.165) is 27.8 Å². The first-order valence-electron chi connectivity index (χ1n) is 19.3. The number of carbonyl (C=O) groups is 4. The van der Waals surface area contributed by atoms with Crippen LogP contribution in [0.25, 0.3) is 21.7 Å². The molecule has 2 aliphatic heterocycles. The van der Waals surface area contributed by atoms with Crippen LogP contribution in [-0.2, 0) is 25.4 Å². The van der Waals surface area contributed by atoms with Crippen LogP contribution in [0.1, 0.15) is 55.8 Å². The molecule has 5 aromatic rings. The fraction of sp³-hybridized carbons (Fsp3) is 0.326. The minimum atomic E-state index is -4.85. The van der Waals surface area contributed by atoms with E-state index < -0.39 is 46.4 Å². The molecule has 2 saturated heterocycles. The van der Waals surface area contributed by atoms with E-state index in [9.17, 15) is 37.6 Å². The van der Waals surface area contributed by atoms with Crippen LogP contribution in [0.5, 0.6) is 5.75 Å². The van der Waals surface area contributed by atoms with Crippen molar-refractivity contribution >= 4 is 79.8 Å². The number of nitrogens with one attached hydrogen (secondary N) is 2. The van der Waals surface area contributed by atoms with Crippen molar-refractivity contribution in [3.63, 3.8) is 0 Å². The summed E-state index contributed by atoms with van der Waals surface area (Å²) in [6.07, 6.45) is -3.66. The maximum Gasteiger partial charge on any atom is 0.417 e. The molecule has 2 N–H and O–H groups in total. The Kier molecular flexibility index (Phi) is 10.5. The van der Waals surface area contributed by atoms with E-state index in [1.54, 1.807) is 12.1 Å². The molecular formula is C43H37F4N7O6S. The minimum Gasteiger partial charge on any atom is -0.489 e. The maximum absolute atomic E-state index is 15.5. The van der Waals surface area contributed by atoms with Crippen molar-refractivity contribution in [3.8, 4) is 11.8 Å².